The number of ether oxygens (including phenoxy) is 1. The van der Waals surface area contributed by atoms with Crippen LogP contribution in [0.3, 0.4) is 0 Å². The van der Waals surface area contributed by atoms with Crippen molar-refractivity contribution >= 4 is 35.0 Å². The van der Waals surface area contributed by atoms with Gasteiger partial charge in [-0.3, -0.25) is 9.59 Å². The Labute approximate surface area is 194 Å². The molecule has 0 saturated carbocycles. The molecule has 2 aromatic carbocycles. The van der Waals surface area contributed by atoms with Crippen molar-refractivity contribution in [1.29, 1.82) is 0 Å². The summed E-state index contributed by atoms with van der Waals surface area (Å²) >= 11 is 12.4. The first kappa shape index (κ1) is 25.0. The average molecular weight is 465 g/mol. The molecule has 31 heavy (non-hydrogen) atoms. The largest absolute Gasteiger partial charge is 0.497 e. The first-order valence-electron chi connectivity index (χ1n) is 10.5. The normalized spacial score (nSPS) is 11.6. The SMILES string of the molecule is CCCCNC(=O)[C@@H](CC)N(Cc1ccc(Cl)cc1Cl)C(=O)Cc1ccc(OC)cc1. The van der Waals surface area contributed by atoms with E-state index in [1.165, 1.54) is 0 Å². The molecule has 0 aliphatic rings. The van der Waals surface area contributed by atoms with E-state index in [4.69, 9.17) is 27.9 Å². The summed E-state index contributed by atoms with van der Waals surface area (Å²) in [5, 5.41) is 3.95. The Morgan fingerprint density at radius 2 is 1.81 bits per heavy atom. The maximum Gasteiger partial charge on any atom is 0.242 e. The third kappa shape index (κ3) is 7.44. The van der Waals surface area contributed by atoms with Crippen LogP contribution in [0.4, 0.5) is 0 Å². The monoisotopic (exact) mass is 464 g/mol. The first-order chi connectivity index (χ1) is 14.9. The number of amides is 2. The van der Waals surface area contributed by atoms with Crippen LogP contribution in [0.2, 0.25) is 10.0 Å². The van der Waals surface area contributed by atoms with Crippen LogP contribution in [-0.2, 0) is 22.6 Å². The van der Waals surface area contributed by atoms with Crippen molar-refractivity contribution in [2.24, 2.45) is 0 Å². The van der Waals surface area contributed by atoms with Crippen molar-refractivity contribution in [2.45, 2.75) is 52.1 Å². The van der Waals surface area contributed by atoms with Gasteiger partial charge in [-0.2, -0.15) is 0 Å². The predicted molar refractivity (Wildman–Crippen MR) is 126 cm³/mol. The van der Waals surface area contributed by atoms with Crippen molar-refractivity contribution < 1.29 is 14.3 Å². The summed E-state index contributed by atoms with van der Waals surface area (Å²) in [7, 11) is 1.60. The average Bonchev–Trinajstić information content (AvgIpc) is 2.75. The molecular formula is C24H30Cl2N2O3. The van der Waals surface area contributed by atoms with E-state index >= 15 is 0 Å². The third-order valence-corrected chi connectivity index (χ3v) is 5.67. The zero-order valence-corrected chi connectivity index (χ0v) is 19.8. The standard InChI is InChI=1S/C24H30Cl2N2O3/c1-4-6-13-27-24(30)22(5-2)28(16-18-9-10-19(25)15-21(18)26)23(29)14-17-7-11-20(31-3)12-8-17/h7-12,15,22H,4-6,13-14,16H2,1-3H3,(H,27,30)/t22-/m1/s1. The number of unbranched alkanes of at least 4 members (excludes halogenated alkanes) is 1. The molecular weight excluding hydrogens is 435 g/mol. The highest BCUT2D eigenvalue weighted by Crippen LogP contribution is 2.24. The van der Waals surface area contributed by atoms with Crippen molar-refractivity contribution in [2.75, 3.05) is 13.7 Å². The van der Waals surface area contributed by atoms with E-state index in [2.05, 4.69) is 12.2 Å². The van der Waals surface area contributed by atoms with Crippen molar-refractivity contribution in [3.63, 3.8) is 0 Å². The van der Waals surface area contributed by atoms with Gasteiger partial charge in [0.15, 0.2) is 0 Å². The quantitative estimate of drug-likeness (QED) is 0.460. The Kier molecular flexibility index (Phi) is 10.2. The van der Waals surface area contributed by atoms with Crippen LogP contribution in [0.15, 0.2) is 42.5 Å². The van der Waals surface area contributed by atoms with Crippen LogP contribution < -0.4 is 10.1 Å². The molecule has 0 aliphatic heterocycles. The summed E-state index contributed by atoms with van der Waals surface area (Å²) in [5.74, 6) is 0.431. The van der Waals surface area contributed by atoms with Gasteiger partial charge in [-0.1, -0.05) is 61.7 Å². The van der Waals surface area contributed by atoms with E-state index in [-0.39, 0.29) is 24.8 Å². The second-order valence-electron chi connectivity index (χ2n) is 7.35. The Balaban J connectivity index is 2.27. The molecule has 2 amide bonds. The van der Waals surface area contributed by atoms with Gasteiger partial charge in [-0.25, -0.2) is 0 Å². The number of hydrogen-bond donors (Lipinski definition) is 1. The van der Waals surface area contributed by atoms with Crippen LogP contribution in [0.5, 0.6) is 5.75 Å². The van der Waals surface area contributed by atoms with Gasteiger partial charge in [0.05, 0.1) is 13.5 Å². The zero-order valence-electron chi connectivity index (χ0n) is 18.3. The summed E-state index contributed by atoms with van der Waals surface area (Å²) in [4.78, 5) is 27.8. The second-order valence-corrected chi connectivity index (χ2v) is 8.19. The van der Waals surface area contributed by atoms with Crippen LogP contribution >= 0.6 is 23.2 Å². The molecule has 0 spiro atoms. The lowest BCUT2D eigenvalue weighted by Crippen LogP contribution is -2.49. The number of rotatable bonds is 11. The lowest BCUT2D eigenvalue weighted by atomic mass is 10.1. The number of methoxy groups -OCH3 is 1. The molecule has 0 aromatic heterocycles. The maximum absolute atomic E-state index is 13.3. The molecule has 7 heteroatoms. The van der Waals surface area contributed by atoms with Crippen LogP contribution in [-0.4, -0.2) is 36.4 Å². The number of carbonyl (C=O) groups is 2. The fourth-order valence-electron chi connectivity index (χ4n) is 3.28. The van der Waals surface area contributed by atoms with Gasteiger partial charge in [0, 0.05) is 23.1 Å². The molecule has 168 valence electrons. The second kappa shape index (κ2) is 12.6. The third-order valence-electron chi connectivity index (χ3n) is 5.09. The fraction of sp³-hybridized carbons (Fsp3) is 0.417. The Hall–Kier alpha value is -2.24. The first-order valence-corrected chi connectivity index (χ1v) is 11.3. The van der Waals surface area contributed by atoms with E-state index in [1.807, 2.05) is 31.2 Å². The smallest absolute Gasteiger partial charge is 0.242 e. The zero-order chi connectivity index (χ0) is 22.8. The topological polar surface area (TPSA) is 58.6 Å². The highest BCUT2D eigenvalue weighted by molar-refractivity contribution is 6.35. The lowest BCUT2D eigenvalue weighted by molar-refractivity contribution is -0.140. The molecule has 0 radical (unpaired) electrons. The van der Waals surface area contributed by atoms with Crippen molar-refractivity contribution in [3.8, 4) is 5.75 Å². The van der Waals surface area contributed by atoms with Gasteiger partial charge in [-0.15, -0.1) is 0 Å². The van der Waals surface area contributed by atoms with Crippen LogP contribution in [0.1, 0.15) is 44.2 Å². The van der Waals surface area contributed by atoms with Gasteiger partial charge < -0.3 is 15.0 Å². The van der Waals surface area contributed by atoms with Gasteiger partial charge >= 0.3 is 0 Å². The number of halogens is 2. The lowest BCUT2D eigenvalue weighted by Gasteiger charge is -2.31. The Bertz CT molecular complexity index is 872. The molecule has 0 unspecified atom stereocenters. The minimum Gasteiger partial charge on any atom is -0.497 e. The molecule has 5 nitrogen and oxygen atoms in total. The van der Waals surface area contributed by atoms with E-state index in [0.717, 1.165) is 29.7 Å². The van der Waals surface area contributed by atoms with E-state index in [9.17, 15) is 9.59 Å². The highest BCUT2D eigenvalue weighted by Gasteiger charge is 2.29. The molecule has 0 heterocycles. The number of carbonyl (C=O) groups excluding carboxylic acids is 2. The van der Waals surface area contributed by atoms with Crippen LogP contribution in [0, 0.1) is 0 Å². The summed E-state index contributed by atoms with van der Waals surface area (Å²) in [6.45, 7) is 4.79. The van der Waals surface area contributed by atoms with Gasteiger partial charge in [0.2, 0.25) is 11.8 Å². The van der Waals surface area contributed by atoms with E-state index in [0.29, 0.717) is 23.0 Å². The summed E-state index contributed by atoms with van der Waals surface area (Å²) in [6, 6.07) is 11.9. The Morgan fingerprint density at radius 3 is 2.39 bits per heavy atom. The Morgan fingerprint density at radius 1 is 1.10 bits per heavy atom. The van der Waals surface area contributed by atoms with Crippen LogP contribution in [0.25, 0.3) is 0 Å². The molecule has 1 atom stereocenters. The van der Waals surface area contributed by atoms with E-state index < -0.39 is 6.04 Å². The maximum atomic E-state index is 13.3. The number of benzene rings is 2. The minimum absolute atomic E-state index is 0.145. The van der Waals surface area contributed by atoms with Crippen molar-refractivity contribution in [3.05, 3.63) is 63.6 Å². The number of hydrogen-bond acceptors (Lipinski definition) is 3. The molecule has 2 rings (SSSR count). The molecule has 0 saturated heterocycles. The molecule has 0 aliphatic carbocycles. The van der Waals surface area contributed by atoms with E-state index in [1.54, 1.807) is 30.2 Å². The van der Waals surface area contributed by atoms with Gasteiger partial charge in [0.25, 0.3) is 0 Å². The molecule has 2 aromatic rings. The number of nitrogens with zero attached hydrogens (tertiary/aromatic N) is 1. The van der Waals surface area contributed by atoms with Crippen molar-refractivity contribution in [1.82, 2.24) is 10.2 Å². The summed E-state index contributed by atoms with van der Waals surface area (Å²) < 4.78 is 5.18. The van der Waals surface area contributed by atoms with Gasteiger partial charge in [0.1, 0.15) is 11.8 Å². The summed E-state index contributed by atoms with van der Waals surface area (Å²) in [5.41, 5.74) is 1.59. The van der Waals surface area contributed by atoms with Gasteiger partial charge in [-0.05, 0) is 48.2 Å². The minimum atomic E-state index is -0.589. The fourth-order valence-corrected chi connectivity index (χ4v) is 3.75. The predicted octanol–water partition coefficient (Wildman–Crippen LogP) is 5.27. The molecule has 0 fully saturated rings. The number of nitrogens with one attached hydrogen (secondary N) is 1. The highest BCUT2D eigenvalue weighted by atomic mass is 35.5. The summed E-state index contributed by atoms with van der Waals surface area (Å²) in [6.07, 6.45) is 2.55. The molecule has 1 N–H and O–H groups in total. The molecule has 0 bridgehead atoms.